The Bertz CT molecular complexity index is 577. The summed E-state index contributed by atoms with van der Waals surface area (Å²) in [7, 11) is 1.68. The highest BCUT2D eigenvalue weighted by Gasteiger charge is 2.21. The molecule has 25 heavy (non-hydrogen) atoms. The van der Waals surface area contributed by atoms with E-state index >= 15 is 0 Å². The Kier molecular flexibility index (Phi) is 7.64. The molecule has 1 amide bonds. The molecule has 1 atom stereocenters. The molecule has 0 bridgehead atoms. The molecule has 1 aromatic rings. The lowest BCUT2D eigenvalue weighted by Gasteiger charge is -2.35. The van der Waals surface area contributed by atoms with Crippen LogP contribution in [0, 0.1) is 11.3 Å². The average Bonchev–Trinajstić information content (AvgIpc) is 2.67. The minimum Gasteiger partial charge on any atom is -0.382 e. The van der Waals surface area contributed by atoms with Crippen molar-refractivity contribution in [3.8, 4) is 6.07 Å². The highest BCUT2D eigenvalue weighted by Crippen LogP contribution is 2.14. The van der Waals surface area contributed by atoms with Crippen LogP contribution >= 0.6 is 0 Å². The second-order valence-corrected chi connectivity index (χ2v) is 6.08. The van der Waals surface area contributed by atoms with Crippen molar-refractivity contribution in [1.29, 1.82) is 5.26 Å². The fourth-order valence-corrected chi connectivity index (χ4v) is 2.61. The molecule has 0 unspecified atom stereocenters. The zero-order valence-electron chi connectivity index (χ0n) is 15.0. The second-order valence-electron chi connectivity index (χ2n) is 6.08. The number of nitriles is 1. The van der Waals surface area contributed by atoms with Crippen LogP contribution in [0.15, 0.2) is 18.3 Å². The van der Waals surface area contributed by atoms with Crippen molar-refractivity contribution in [3.63, 3.8) is 0 Å². The molecule has 0 radical (unpaired) electrons. The highest BCUT2D eigenvalue weighted by atomic mass is 16.5. The third kappa shape index (κ3) is 6.00. The third-order valence-corrected chi connectivity index (χ3v) is 4.36. The van der Waals surface area contributed by atoms with Gasteiger partial charge in [-0.15, -0.1) is 0 Å². The molecule has 0 aliphatic carbocycles. The van der Waals surface area contributed by atoms with Gasteiger partial charge in [-0.3, -0.25) is 4.79 Å². The molecule has 136 valence electrons. The molecule has 7 nitrogen and oxygen atoms in total. The Morgan fingerprint density at radius 3 is 2.68 bits per heavy atom. The van der Waals surface area contributed by atoms with E-state index < -0.39 is 0 Å². The number of hydrogen-bond donors (Lipinski definition) is 0. The monoisotopic (exact) mass is 346 g/mol. The first kappa shape index (κ1) is 19.2. The lowest BCUT2D eigenvalue weighted by atomic mass is 10.2. The van der Waals surface area contributed by atoms with Gasteiger partial charge in [0, 0.05) is 46.1 Å². The zero-order chi connectivity index (χ0) is 18.1. The lowest BCUT2D eigenvalue weighted by Crippen LogP contribution is -2.49. The van der Waals surface area contributed by atoms with Gasteiger partial charge in [-0.05, 0) is 25.5 Å². The summed E-state index contributed by atoms with van der Waals surface area (Å²) < 4.78 is 10.7. The molecule has 2 rings (SSSR count). The predicted octanol–water partition coefficient (Wildman–Crippen LogP) is 1.43. The van der Waals surface area contributed by atoms with Crippen molar-refractivity contribution < 1.29 is 14.3 Å². The van der Waals surface area contributed by atoms with Crippen molar-refractivity contribution in [2.24, 2.45) is 0 Å². The van der Waals surface area contributed by atoms with E-state index in [0.717, 1.165) is 25.3 Å². The van der Waals surface area contributed by atoms with Crippen molar-refractivity contribution in [1.82, 2.24) is 9.88 Å². The molecule has 0 spiro atoms. The maximum absolute atomic E-state index is 12.2. The number of anilines is 1. The number of aromatic nitrogens is 1. The summed E-state index contributed by atoms with van der Waals surface area (Å²) >= 11 is 0. The van der Waals surface area contributed by atoms with Gasteiger partial charge in [-0.25, -0.2) is 4.98 Å². The molecule has 1 aromatic heterocycles. The number of pyridine rings is 1. The lowest BCUT2D eigenvalue weighted by molar-refractivity contribution is -0.132. The topological polar surface area (TPSA) is 78.7 Å². The van der Waals surface area contributed by atoms with Crippen molar-refractivity contribution in [2.75, 3.05) is 51.4 Å². The van der Waals surface area contributed by atoms with Crippen LogP contribution in [0.25, 0.3) is 0 Å². The SMILES string of the molecule is CO[C@H](C)CCOCCC(=O)N1CCN(c2ccc(C#N)cn2)CC1. The van der Waals surface area contributed by atoms with Crippen LogP contribution in [0.5, 0.6) is 0 Å². The quantitative estimate of drug-likeness (QED) is 0.663. The van der Waals surface area contributed by atoms with Gasteiger partial charge in [0.1, 0.15) is 11.9 Å². The van der Waals surface area contributed by atoms with Gasteiger partial charge in [0.15, 0.2) is 0 Å². The predicted molar refractivity (Wildman–Crippen MR) is 94.3 cm³/mol. The molecule has 0 aromatic carbocycles. The molecule has 1 fully saturated rings. The van der Waals surface area contributed by atoms with Crippen LogP contribution in [0.4, 0.5) is 5.82 Å². The first-order chi connectivity index (χ1) is 12.1. The van der Waals surface area contributed by atoms with Gasteiger partial charge in [-0.1, -0.05) is 0 Å². The summed E-state index contributed by atoms with van der Waals surface area (Å²) in [5, 5.41) is 8.81. The Hall–Kier alpha value is -2.17. The number of hydrogen-bond acceptors (Lipinski definition) is 6. The van der Waals surface area contributed by atoms with E-state index in [2.05, 4.69) is 16.0 Å². The number of carbonyl (C=O) groups excluding carboxylic acids is 1. The van der Waals surface area contributed by atoms with E-state index in [1.54, 1.807) is 19.4 Å². The van der Waals surface area contributed by atoms with Crippen LogP contribution in [0.3, 0.4) is 0 Å². The van der Waals surface area contributed by atoms with Gasteiger partial charge in [0.2, 0.25) is 5.91 Å². The Morgan fingerprint density at radius 1 is 1.32 bits per heavy atom. The second kappa shape index (κ2) is 9.97. The number of ether oxygens (including phenoxy) is 2. The van der Waals surface area contributed by atoms with E-state index in [1.807, 2.05) is 17.9 Å². The van der Waals surface area contributed by atoms with E-state index in [0.29, 0.717) is 38.3 Å². The first-order valence-electron chi connectivity index (χ1n) is 8.63. The molecular formula is C18H26N4O3. The maximum atomic E-state index is 12.2. The zero-order valence-corrected chi connectivity index (χ0v) is 15.0. The fourth-order valence-electron chi connectivity index (χ4n) is 2.61. The first-order valence-corrected chi connectivity index (χ1v) is 8.63. The number of methoxy groups -OCH3 is 1. The largest absolute Gasteiger partial charge is 0.382 e. The van der Waals surface area contributed by atoms with Crippen molar-refractivity contribution in [2.45, 2.75) is 25.9 Å². The van der Waals surface area contributed by atoms with Gasteiger partial charge in [0.05, 0.1) is 24.7 Å². The third-order valence-electron chi connectivity index (χ3n) is 4.36. The van der Waals surface area contributed by atoms with Gasteiger partial charge >= 0.3 is 0 Å². The molecule has 0 N–H and O–H groups in total. The summed E-state index contributed by atoms with van der Waals surface area (Å²) in [6.45, 7) is 5.92. The Balaban J connectivity index is 1.67. The number of amides is 1. The molecule has 7 heteroatoms. The van der Waals surface area contributed by atoms with Crippen LogP contribution in [-0.4, -0.2) is 68.4 Å². The minimum absolute atomic E-state index is 0.132. The van der Waals surface area contributed by atoms with Crippen LogP contribution < -0.4 is 4.90 Å². The number of nitrogens with zero attached hydrogens (tertiary/aromatic N) is 4. The van der Waals surface area contributed by atoms with Crippen LogP contribution in [0.2, 0.25) is 0 Å². The average molecular weight is 346 g/mol. The normalized spacial score (nSPS) is 15.7. The van der Waals surface area contributed by atoms with E-state index in [4.69, 9.17) is 14.7 Å². The summed E-state index contributed by atoms with van der Waals surface area (Å²) in [5.74, 6) is 0.980. The van der Waals surface area contributed by atoms with Gasteiger partial charge in [0.25, 0.3) is 0 Å². The Morgan fingerprint density at radius 2 is 2.08 bits per heavy atom. The number of rotatable bonds is 8. The van der Waals surface area contributed by atoms with Crippen molar-refractivity contribution in [3.05, 3.63) is 23.9 Å². The molecule has 1 aliphatic rings. The smallest absolute Gasteiger partial charge is 0.225 e. The molecule has 1 aliphatic heterocycles. The highest BCUT2D eigenvalue weighted by molar-refractivity contribution is 5.76. The maximum Gasteiger partial charge on any atom is 0.225 e. The van der Waals surface area contributed by atoms with Crippen molar-refractivity contribution >= 4 is 11.7 Å². The van der Waals surface area contributed by atoms with E-state index in [1.165, 1.54) is 0 Å². The van der Waals surface area contributed by atoms with Gasteiger partial charge < -0.3 is 19.3 Å². The summed E-state index contributed by atoms with van der Waals surface area (Å²) in [5.41, 5.74) is 0.553. The minimum atomic E-state index is 0.132. The number of carbonyl (C=O) groups is 1. The number of piperazine rings is 1. The molecule has 2 heterocycles. The molecule has 1 saturated heterocycles. The van der Waals surface area contributed by atoms with E-state index in [9.17, 15) is 4.79 Å². The Labute approximate surface area is 149 Å². The van der Waals surface area contributed by atoms with Gasteiger partial charge in [-0.2, -0.15) is 5.26 Å². The standard InChI is InChI=1S/C18H26N4O3/c1-15(24-2)5-11-25-12-6-18(23)22-9-7-21(8-10-22)17-4-3-16(13-19)14-20-17/h3-4,14-15H,5-12H2,1-2H3/t15-/m1/s1. The summed E-state index contributed by atoms with van der Waals surface area (Å²) in [6, 6.07) is 5.68. The van der Waals surface area contributed by atoms with Crippen LogP contribution in [-0.2, 0) is 14.3 Å². The molecular weight excluding hydrogens is 320 g/mol. The summed E-state index contributed by atoms with van der Waals surface area (Å²) in [4.78, 5) is 20.5. The van der Waals surface area contributed by atoms with E-state index in [-0.39, 0.29) is 12.0 Å². The summed E-state index contributed by atoms with van der Waals surface area (Å²) in [6.07, 6.45) is 3.01. The van der Waals surface area contributed by atoms with Crippen LogP contribution in [0.1, 0.15) is 25.3 Å². The molecule has 0 saturated carbocycles. The fraction of sp³-hybridized carbons (Fsp3) is 0.611.